The van der Waals surface area contributed by atoms with E-state index in [0.717, 1.165) is 5.39 Å². The van der Waals surface area contributed by atoms with Crippen LogP contribution in [0, 0.1) is 5.82 Å². The third-order valence-corrected chi connectivity index (χ3v) is 4.33. The van der Waals surface area contributed by atoms with Crippen molar-refractivity contribution in [2.24, 2.45) is 4.99 Å². The van der Waals surface area contributed by atoms with E-state index in [4.69, 9.17) is 20.4 Å². The number of fused-ring (bicyclic) bond motifs is 1. The smallest absolute Gasteiger partial charge is 0.257 e. The number of hydrogen-bond acceptors (Lipinski definition) is 4. The second-order valence-corrected chi connectivity index (χ2v) is 6.38. The Balaban J connectivity index is 1.78. The molecule has 0 saturated carbocycles. The fraction of sp³-hybridized carbons (Fsp3) is 0.0476. The lowest BCUT2D eigenvalue weighted by Crippen LogP contribution is -2.28. The molecular weight excluding hydrogens is 383 g/mol. The molecule has 1 amide bonds. The number of halogens is 2. The molecule has 0 aliphatic heterocycles. The summed E-state index contributed by atoms with van der Waals surface area (Å²) in [5.74, 6) is -0.305. The second kappa shape index (κ2) is 7.70. The van der Waals surface area contributed by atoms with E-state index in [0.29, 0.717) is 17.0 Å². The lowest BCUT2D eigenvalue weighted by Gasteiger charge is -2.06. The third kappa shape index (κ3) is 3.82. The van der Waals surface area contributed by atoms with Crippen molar-refractivity contribution < 1.29 is 18.0 Å². The number of carbonyl (C=O) groups excluding carboxylic acids is 1. The van der Waals surface area contributed by atoms with E-state index in [1.807, 2.05) is 18.2 Å². The van der Waals surface area contributed by atoms with Crippen molar-refractivity contribution in [3.63, 3.8) is 0 Å². The summed E-state index contributed by atoms with van der Waals surface area (Å²) in [5.41, 5.74) is 1.27. The highest BCUT2D eigenvalue weighted by atomic mass is 35.5. The van der Waals surface area contributed by atoms with Gasteiger partial charge in [-0.1, -0.05) is 29.8 Å². The molecule has 4 rings (SSSR count). The van der Waals surface area contributed by atoms with Crippen molar-refractivity contribution in [1.29, 1.82) is 0 Å². The fourth-order valence-electron chi connectivity index (χ4n) is 2.66. The minimum absolute atomic E-state index is 0.0640. The third-order valence-electron chi connectivity index (χ3n) is 4.04. The largest absolute Gasteiger partial charge is 0.467 e. The van der Waals surface area contributed by atoms with Crippen LogP contribution in [0.4, 0.5) is 10.1 Å². The van der Waals surface area contributed by atoms with E-state index < -0.39 is 5.82 Å². The summed E-state index contributed by atoms with van der Waals surface area (Å²) in [5, 5.41) is 3.46. The Kier molecular flexibility index (Phi) is 4.95. The van der Waals surface area contributed by atoms with Crippen LogP contribution >= 0.6 is 11.6 Å². The van der Waals surface area contributed by atoms with Gasteiger partial charge in [-0.05, 0) is 42.5 Å². The topological polar surface area (TPSA) is 67.7 Å². The quantitative estimate of drug-likeness (QED) is 0.529. The van der Waals surface area contributed by atoms with E-state index >= 15 is 0 Å². The van der Waals surface area contributed by atoms with E-state index in [2.05, 4.69) is 10.3 Å². The zero-order valence-electron chi connectivity index (χ0n) is 14.5. The maximum Gasteiger partial charge on any atom is 0.257 e. The van der Waals surface area contributed by atoms with Gasteiger partial charge in [0.1, 0.15) is 22.7 Å². The number of furan rings is 1. The van der Waals surface area contributed by atoms with Crippen molar-refractivity contribution in [3.8, 4) is 0 Å². The van der Waals surface area contributed by atoms with Gasteiger partial charge in [-0.3, -0.25) is 4.79 Å². The summed E-state index contributed by atoms with van der Waals surface area (Å²) in [6.45, 7) is 0.223. The summed E-state index contributed by atoms with van der Waals surface area (Å²) in [6, 6.07) is 16.5. The number of nitrogens with zero attached hydrogens (tertiary/aromatic N) is 1. The standard InChI is InChI=1S/C21H14ClFN2O3/c22-17-11-14(7-8-18(17)23)25-21-16(10-13-4-1-2-6-19(13)28-21)20(26)24-12-15-5-3-9-27-15/h1-11H,12H2,(H,24,26). The predicted octanol–water partition coefficient (Wildman–Crippen LogP) is 4.98. The first-order valence-corrected chi connectivity index (χ1v) is 8.81. The molecule has 7 heteroatoms. The fourth-order valence-corrected chi connectivity index (χ4v) is 2.84. The van der Waals surface area contributed by atoms with Gasteiger partial charge in [-0.2, -0.15) is 0 Å². The highest BCUT2D eigenvalue weighted by molar-refractivity contribution is 6.31. The number of carbonyl (C=O) groups is 1. The molecule has 1 N–H and O–H groups in total. The van der Waals surface area contributed by atoms with Gasteiger partial charge in [-0.25, -0.2) is 9.38 Å². The average molecular weight is 397 g/mol. The maximum atomic E-state index is 13.4. The van der Waals surface area contributed by atoms with Crippen LogP contribution in [0.2, 0.25) is 5.02 Å². The van der Waals surface area contributed by atoms with Crippen LogP contribution in [-0.4, -0.2) is 5.91 Å². The van der Waals surface area contributed by atoms with Gasteiger partial charge in [0.15, 0.2) is 0 Å². The Morgan fingerprint density at radius 2 is 1.96 bits per heavy atom. The van der Waals surface area contributed by atoms with Crippen LogP contribution < -0.4 is 10.9 Å². The van der Waals surface area contributed by atoms with E-state index in [1.54, 1.807) is 24.3 Å². The predicted molar refractivity (Wildman–Crippen MR) is 103 cm³/mol. The Labute approximate surface area is 164 Å². The molecule has 2 aromatic carbocycles. The Bertz CT molecular complexity index is 1220. The van der Waals surface area contributed by atoms with Crippen molar-refractivity contribution in [2.45, 2.75) is 6.54 Å². The van der Waals surface area contributed by atoms with Crippen molar-refractivity contribution in [2.75, 3.05) is 0 Å². The molecule has 0 atom stereocenters. The summed E-state index contributed by atoms with van der Waals surface area (Å²) < 4.78 is 24.5. The van der Waals surface area contributed by atoms with Crippen LogP contribution in [0.15, 0.2) is 80.8 Å². The number of nitrogens with one attached hydrogen (secondary N) is 1. The minimum Gasteiger partial charge on any atom is -0.467 e. The van der Waals surface area contributed by atoms with Gasteiger partial charge in [0.2, 0.25) is 5.55 Å². The van der Waals surface area contributed by atoms with Crippen molar-refractivity contribution in [3.05, 3.63) is 94.6 Å². The van der Waals surface area contributed by atoms with Gasteiger partial charge in [0, 0.05) is 5.39 Å². The van der Waals surface area contributed by atoms with Gasteiger partial charge in [-0.15, -0.1) is 0 Å². The zero-order chi connectivity index (χ0) is 19.5. The SMILES string of the molecule is O=C(NCc1ccco1)c1cc2ccccc2oc1=Nc1ccc(F)c(Cl)c1. The summed E-state index contributed by atoms with van der Waals surface area (Å²) in [7, 11) is 0. The monoisotopic (exact) mass is 396 g/mol. The highest BCUT2D eigenvalue weighted by Crippen LogP contribution is 2.21. The molecule has 140 valence electrons. The number of amides is 1. The molecule has 0 saturated heterocycles. The molecule has 0 fully saturated rings. The first-order valence-electron chi connectivity index (χ1n) is 8.43. The van der Waals surface area contributed by atoms with Crippen molar-refractivity contribution in [1.82, 2.24) is 5.32 Å². The van der Waals surface area contributed by atoms with Crippen LogP contribution in [0.5, 0.6) is 0 Å². The number of hydrogen-bond donors (Lipinski definition) is 1. The minimum atomic E-state index is -0.549. The lowest BCUT2D eigenvalue weighted by molar-refractivity contribution is 0.0944. The highest BCUT2D eigenvalue weighted by Gasteiger charge is 2.13. The first kappa shape index (κ1) is 18.0. The molecule has 0 aliphatic rings. The van der Waals surface area contributed by atoms with Crippen LogP contribution in [0.1, 0.15) is 16.1 Å². The average Bonchev–Trinajstić information content (AvgIpc) is 3.22. The van der Waals surface area contributed by atoms with Gasteiger partial charge in [0.25, 0.3) is 5.91 Å². The normalized spacial score (nSPS) is 11.7. The van der Waals surface area contributed by atoms with Crippen LogP contribution in [0.3, 0.4) is 0 Å². The Morgan fingerprint density at radius 1 is 1.11 bits per heavy atom. The molecule has 0 bridgehead atoms. The van der Waals surface area contributed by atoms with Crippen LogP contribution in [-0.2, 0) is 6.54 Å². The molecule has 0 radical (unpaired) electrons. The summed E-state index contributed by atoms with van der Waals surface area (Å²) in [6.07, 6.45) is 1.53. The van der Waals surface area contributed by atoms with Crippen LogP contribution in [0.25, 0.3) is 11.0 Å². The molecule has 0 aliphatic carbocycles. The number of para-hydroxylation sites is 1. The second-order valence-electron chi connectivity index (χ2n) is 5.98. The van der Waals surface area contributed by atoms with Gasteiger partial charge in [0.05, 0.1) is 23.5 Å². The Hall–Kier alpha value is -3.38. The molecule has 5 nitrogen and oxygen atoms in total. The summed E-state index contributed by atoms with van der Waals surface area (Å²) in [4.78, 5) is 17.1. The number of benzene rings is 2. The zero-order valence-corrected chi connectivity index (χ0v) is 15.2. The molecule has 2 aromatic heterocycles. The van der Waals surface area contributed by atoms with Gasteiger partial charge >= 0.3 is 0 Å². The van der Waals surface area contributed by atoms with Crippen molar-refractivity contribution >= 4 is 34.2 Å². The van der Waals surface area contributed by atoms with Gasteiger partial charge < -0.3 is 14.2 Å². The summed E-state index contributed by atoms with van der Waals surface area (Å²) >= 11 is 5.83. The molecule has 2 heterocycles. The van der Waals surface area contributed by atoms with E-state index in [1.165, 1.54) is 24.5 Å². The van der Waals surface area contributed by atoms with E-state index in [9.17, 15) is 9.18 Å². The van der Waals surface area contributed by atoms with E-state index in [-0.39, 0.29) is 28.6 Å². The molecule has 4 aromatic rings. The maximum absolute atomic E-state index is 13.4. The lowest BCUT2D eigenvalue weighted by atomic mass is 10.1. The molecule has 28 heavy (non-hydrogen) atoms. The Morgan fingerprint density at radius 3 is 2.75 bits per heavy atom. The molecule has 0 unspecified atom stereocenters. The molecule has 0 spiro atoms. The molecular formula is C21H14ClFN2O3. The first-order chi connectivity index (χ1) is 13.6. The number of rotatable bonds is 4.